The van der Waals surface area contributed by atoms with Crippen LogP contribution in [0.3, 0.4) is 0 Å². The van der Waals surface area contributed by atoms with E-state index >= 15 is 0 Å². The second-order valence-corrected chi connectivity index (χ2v) is 28.2. The summed E-state index contributed by atoms with van der Waals surface area (Å²) in [5.41, 5.74) is 1.51. The van der Waals surface area contributed by atoms with Crippen LogP contribution in [0.2, 0.25) is 0 Å². The summed E-state index contributed by atoms with van der Waals surface area (Å²) in [5.74, 6) is -2.02. The van der Waals surface area contributed by atoms with Crippen molar-refractivity contribution in [2.45, 2.75) is 9.79 Å². The van der Waals surface area contributed by atoms with Crippen molar-refractivity contribution >= 4 is 102 Å². The number of rotatable bonds is 12. The van der Waals surface area contributed by atoms with Crippen LogP contribution in [0.15, 0.2) is 277 Å². The van der Waals surface area contributed by atoms with Crippen LogP contribution in [0.5, 0.6) is 0 Å². The fourth-order valence-corrected chi connectivity index (χ4v) is 22.0. The number of hydrogen-bond acceptors (Lipinski definition) is 6. The van der Waals surface area contributed by atoms with E-state index in [1.165, 1.54) is 48.5 Å². The van der Waals surface area contributed by atoms with Crippen LogP contribution >= 0.6 is 14.5 Å². The Morgan fingerprint density at radius 3 is 0.747 bits per heavy atom. The van der Waals surface area contributed by atoms with Crippen molar-refractivity contribution < 1.29 is 27.6 Å². The first kappa shape index (κ1) is 47.3. The third-order valence-corrected chi connectivity index (χ3v) is 26.0. The van der Waals surface area contributed by atoms with E-state index in [4.69, 9.17) is 0 Å². The molecule has 10 aromatic rings. The molecule has 0 radical (unpaired) electrons. The number of hydrogen-bond donors (Lipinski definition) is 0. The van der Waals surface area contributed by atoms with Gasteiger partial charge in [-0.1, -0.05) is 0 Å². The number of nitrogens with zero attached hydrogens (tertiary/aromatic N) is 2. The second kappa shape index (κ2) is 19.0. The summed E-state index contributed by atoms with van der Waals surface area (Å²) in [6, 6.07) is 84.2. The number of sulfone groups is 1. The van der Waals surface area contributed by atoms with Crippen LogP contribution in [-0.4, -0.2) is 32.0 Å². The van der Waals surface area contributed by atoms with Crippen LogP contribution in [-0.2, 0) is 9.84 Å². The van der Waals surface area contributed by atoms with Gasteiger partial charge in [0.05, 0.1) is 0 Å². The van der Waals surface area contributed by atoms with Gasteiger partial charge in [0.1, 0.15) is 0 Å². The van der Waals surface area contributed by atoms with Gasteiger partial charge >= 0.3 is 438 Å². The Morgan fingerprint density at radius 1 is 0.253 bits per heavy atom. The molecule has 0 unspecified atom stereocenters. The van der Waals surface area contributed by atoms with E-state index in [2.05, 4.69) is 72.8 Å². The predicted octanol–water partition coefficient (Wildman–Crippen LogP) is 8.82. The maximum atomic E-state index is 14.4. The average molecular weight is 1030 g/mol. The van der Waals surface area contributed by atoms with Gasteiger partial charge in [0.25, 0.3) is 0 Å². The Hall–Kier alpha value is -8.71. The SMILES string of the molecule is O=C1c2ccc([PH](c3ccccc3)(c3ccccc3)c3ccccc3)cc2C(=O)N1c1ccc(S(=O)(=O)c2ccc(N3C(=O)c4ccc([PH](c5ccccc5)(c5ccccc5)c5ccccc5)cc4C3=O)cc2)cc1. The standard InChI is InChI=1S/C64H46N2O6P2S/c67-61-57-41-35-53(73(47-19-7-1-8-20-47,48-21-9-2-10-22-48)49-23-11-3-12-24-49)43-59(57)63(69)65(61)45-31-37-55(38-32-45)75(71,72)56-39-33-46(34-40-56)66-62(68)58-42-36-54(44-60(58)64(66)70)74(50-25-13-4-14-26-50,51-27-15-5-16-28-51)52-29-17-6-18-30-52/h1-44,73-74H. The first-order valence-electron chi connectivity index (χ1n) is 24.5. The first-order chi connectivity index (χ1) is 36.6. The van der Waals surface area contributed by atoms with Crippen LogP contribution in [0.1, 0.15) is 41.4 Å². The molecule has 0 spiro atoms. The molecule has 8 nitrogen and oxygen atoms in total. The molecule has 0 bridgehead atoms. The van der Waals surface area contributed by atoms with Crippen LogP contribution in [0.25, 0.3) is 0 Å². The molecule has 0 saturated heterocycles. The van der Waals surface area contributed by atoms with Gasteiger partial charge < -0.3 is 0 Å². The van der Waals surface area contributed by atoms with E-state index in [9.17, 15) is 27.6 Å². The summed E-state index contributed by atoms with van der Waals surface area (Å²) in [5, 5.41) is 8.60. The van der Waals surface area contributed by atoms with Crippen LogP contribution < -0.4 is 52.2 Å². The molecule has 4 amide bonds. The molecule has 12 rings (SSSR count). The zero-order valence-electron chi connectivity index (χ0n) is 40.2. The molecule has 0 aliphatic carbocycles. The topological polar surface area (TPSA) is 109 Å². The normalized spacial score (nSPS) is 13.9. The van der Waals surface area contributed by atoms with Gasteiger partial charge in [-0.3, -0.25) is 0 Å². The third-order valence-electron chi connectivity index (χ3n) is 14.7. The monoisotopic (exact) mass is 1030 g/mol. The van der Waals surface area contributed by atoms with Crippen LogP contribution in [0.4, 0.5) is 11.4 Å². The molecular formula is C64H46N2O6P2S. The number of benzene rings is 10. The summed E-state index contributed by atoms with van der Waals surface area (Å²) in [6.45, 7) is 0. The molecule has 2 aliphatic rings. The minimum atomic E-state index is -4.15. The molecule has 0 aromatic heterocycles. The molecule has 75 heavy (non-hydrogen) atoms. The molecule has 0 fully saturated rings. The fraction of sp³-hybridized carbons (Fsp3) is 0. The number of imide groups is 2. The summed E-state index contributed by atoms with van der Waals surface area (Å²) < 4.78 is 28.4. The van der Waals surface area contributed by atoms with Crippen LogP contribution in [0, 0.1) is 0 Å². The molecule has 0 atom stereocenters. The van der Waals surface area contributed by atoms with E-state index < -0.39 is 48.0 Å². The van der Waals surface area contributed by atoms with Crippen molar-refractivity contribution in [1.29, 1.82) is 0 Å². The van der Waals surface area contributed by atoms with Crippen molar-refractivity contribution in [1.82, 2.24) is 0 Å². The second-order valence-electron chi connectivity index (χ2n) is 18.6. The Morgan fingerprint density at radius 2 is 0.493 bits per heavy atom. The quantitative estimate of drug-likeness (QED) is 0.0895. The molecule has 2 heterocycles. The average Bonchev–Trinajstić information content (AvgIpc) is 3.88. The number of carbonyl (C=O) groups excluding carboxylic acids is 4. The van der Waals surface area contributed by atoms with Gasteiger partial charge in [-0.25, -0.2) is 0 Å². The van der Waals surface area contributed by atoms with Crippen molar-refractivity contribution in [2.24, 2.45) is 0 Å². The first-order valence-corrected chi connectivity index (χ1v) is 30.0. The molecule has 0 saturated carbocycles. The molecule has 0 N–H and O–H groups in total. The number of amides is 4. The Balaban J connectivity index is 0.824. The summed E-state index contributed by atoms with van der Waals surface area (Å²) in [4.78, 5) is 59.2. The van der Waals surface area contributed by atoms with Crippen molar-refractivity contribution in [3.8, 4) is 0 Å². The summed E-state index contributed by atoms with van der Waals surface area (Å²) >= 11 is 0. The Bertz CT molecular complexity index is 3510. The van der Waals surface area contributed by atoms with Crippen molar-refractivity contribution in [3.63, 3.8) is 0 Å². The number of fused-ring (bicyclic) bond motifs is 2. The van der Waals surface area contributed by atoms with Crippen molar-refractivity contribution in [3.05, 3.63) is 289 Å². The predicted molar refractivity (Wildman–Crippen MR) is 306 cm³/mol. The summed E-state index contributed by atoms with van der Waals surface area (Å²) in [6.07, 6.45) is 0. The fourth-order valence-electron chi connectivity index (χ4n) is 11.2. The van der Waals surface area contributed by atoms with Gasteiger partial charge in [0.2, 0.25) is 0 Å². The van der Waals surface area contributed by atoms with Gasteiger partial charge in [-0.2, -0.15) is 0 Å². The molecule has 11 heteroatoms. The van der Waals surface area contributed by atoms with Gasteiger partial charge in [-0.15, -0.1) is 0 Å². The van der Waals surface area contributed by atoms with E-state index in [0.717, 1.165) is 52.2 Å². The van der Waals surface area contributed by atoms with E-state index in [0.29, 0.717) is 0 Å². The third kappa shape index (κ3) is 7.62. The summed E-state index contributed by atoms with van der Waals surface area (Å²) in [7, 11) is -10.2. The van der Waals surface area contributed by atoms with E-state index in [-0.39, 0.29) is 43.4 Å². The Labute approximate surface area is 435 Å². The van der Waals surface area contributed by atoms with E-state index in [1.54, 1.807) is 12.1 Å². The van der Waals surface area contributed by atoms with Gasteiger partial charge in [0, 0.05) is 0 Å². The maximum absolute atomic E-state index is 14.4. The molecule has 364 valence electrons. The molecule has 2 aliphatic heterocycles. The Kier molecular flexibility index (Phi) is 12.0. The zero-order chi connectivity index (χ0) is 51.3. The number of anilines is 2. The van der Waals surface area contributed by atoms with E-state index in [1.807, 2.05) is 133 Å². The van der Waals surface area contributed by atoms with Gasteiger partial charge in [0.15, 0.2) is 0 Å². The number of carbonyl (C=O) groups is 4. The molecular weight excluding hydrogens is 987 g/mol. The minimum absolute atomic E-state index is 0.0709. The zero-order valence-corrected chi connectivity index (χ0v) is 43.0. The van der Waals surface area contributed by atoms with Gasteiger partial charge in [-0.05, 0) is 0 Å². The molecule has 10 aromatic carbocycles. The van der Waals surface area contributed by atoms with Crippen molar-refractivity contribution in [2.75, 3.05) is 9.80 Å².